The summed E-state index contributed by atoms with van der Waals surface area (Å²) in [5, 5.41) is 0. The van der Waals surface area contributed by atoms with E-state index in [1.54, 1.807) is 7.11 Å². The Bertz CT molecular complexity index is 534. The van der Waals surface area contributed by atoms with Crippen molar-refractivity contribution in [1.29, 1.82) is 0 Å². The first-order chi connectivity index (χ1) is 8.54. The summed E-state index contributed by atoms with van der Waals surface area (Å²) in [6.45, 7) is 2.01. The molecule has 0 aliphatic rings. The zero-order chi connectivity index (χ0) is 13.2. The van der Waals surface area contributed by atoms with Gasteiger partial charge >= 0.3 is 0 Å². The lowest BCUT2D eigenvalue weighted by molar-refractivity contribution is 0.414. The molecule has 0 aromatic heterocycles. The van der Waals surface area contributed by atoms with E-state index in [1.165, 1.54) is 0 Å². The Kier molecular flexibility index (Phi) is 3.73. The summed E-state index contributed by atoms with van der Waals surface area (Å²) in [6.07, 6.45) is 0. The summed E-state index contributed by atoms with van der Waals surface area (Å²) in [7, 11) is 1.66. The van der Waals surface area contributed by atoms with E-state index in [1.807, 2.05) is 55.5 Å². The van der Waals surface area contributed by atoms with Crippen LogP contribution in [0.2, 0.25) is 0 Å². The fraction of sp³-hybridized carbons (Fsp3) is 0.200. The monoisotopic (exact) mass is 305 g/mol. The largest absolute Gasteiger partial charge is 0.497 e. The SMILES string of the molecule is COc1ccc(C(C)(N)c2cccc(Br)c2)cc1. The van der Waals surface area contributed by atoms with Crippen LogP contribution in [0.4, 0.5) is 0 Å². The van der Waals surface area contributed by atoms with Crippen molar-refractivity contribution in [1.82, 2.24) is 0 Å². The molecule has 0 bridgehead atoms. The van der Waals surface area contributed by atoms with E-state index in [9.17, 15) is 0 Å². The Hall–Kier alpha value is -1.32. The van der Waals surface area contributed by atoms with Crippen molar-refractivity contribution in [2.24, 2.45) is 5.73 Å². The molecular formula is C15H16BrNO. The molecule has 1 atom stereocenters. The number of benzene rings is 2. The average molecular weight is 306 g/mol. The zero-order valence-corrected chi connectivity index (χ0v) is 12.1. The molecule has 2 nitrogen and oxygen atoms in total. The van der Waals surface area contributed by atoms with Crippen LogP contribution in [0.1, 0.15) is 18.1 Å². The number of hydrogen-bond acceptors (Lipinski definition) is 2. The molecule has 94 valence electrons. The molecule has 0 saturated carbocycles. The molecule has 2 N–H and O–H groups in total. The predicted octanol–water partition coefficient (Wildman–Crippen LogP) is 3.68. The lowest BCUT2D eigenvalue weighted by atomic mass is 9.86. The molecule has 0 heterocycles. The van der Waals surface area contributed by atoms with Crippen LogP contribution in [-0.2, 0) is 5.54 Å². The molecular weight excluding hydrogens is 290 g/mol. The second-order valence-corrected chi connectivity index (χ2v) is 5.36. The standard InChI is InChI=1S/C15H16BrNO/c1-15(17,12-4-3-5-13(16)10-12)11-6-8-14(18-2)9-7-11/h3-10H,17H2,1-2H3. The highest BCUT2D eigenvalue weighted by Gasteiger charge is 2.23. The molecule has 0 aliphatic carbocycles. The van der Waals surface area contributed by atoms with Gasteiger partial charge in [-0.1, -0.05) is 40.2 Å². The fourth-order valence-corrected chi connectivity index (χ4v) is 2.31. The highest BCUT2D eigenvalue weighted by Crippen LogP contribution is 2.29. The number of halogens is 1. The van der Waals surface area contributed by atoms with Crippen LogP contribution in [0.3, 0.4) is 0 Å². The van der Waals surface area contributed by atoms with Crippen LogP contribution in [0, 0.1) is 0 Å². The van der Waals surface area contributed by atoms with Gasteiger partial charge in [0.25, 0.3) is 0 Å². The Balaban J connectivity index is 2.40. The van der Waals surface area contributed by atoms with Gasteiger partial charge in [-0.2, -0.15) is 0 Å². The third kappa shape index (κ3) is 2.57. The molecule has 0 amide bonds. The summed E-state index contributed by atoms with van der Waals surface area (Å²) in [4.78, 5) is 0. The van der Waals surface area contributed by atoms with Crippen molar-refractivity contribution in [2.75, 3.05) is 7.11 Å². The van der Waals surface area contributed by atoms with Crippen molar-refractivity contribution in [3.63, 3.8) is 0 Å². The minimum absolute atomic E-state index is 0.518. The minimum Gasteiger partial charge on any atom is -0.497 e. The summed E-state index contributed by atoms with van der Waals surface area (Å²) in [5.74, 6) is 0.837. The molecule has 0 aliphatic heterocycles. The molecule has 1 unspecified atom stereocenters. The zero-order valence-electron chi connectivity index (χ0n) is 10.5. The molecule has 2 aromatic carbocycles. The van der Waals surface area contributed by atoms with Gasteiger partial charge in [-0.15, -0.1) is 0 Å². The fourth-order valence-electron chi connectivity index (χ4n) is 1.92. The Morgan fingerprint density at radius 3 is 2.28 bits per heavy atom. The second kappa shape index (κ2) is 5.12. The van der Waals surface area contributed by atoms with Crippen molar-refractivity contribution in [3.05, 3.63) is 64.1 Å². The van der Waals surface area contributed by atoms with Crippen LogP contribution < -0.4 is 10.5 Å². The summed E-state index contributed by atoms with van der Waals surface area (Å²) in [5.41, 5.74) is 8.07. The third-order valence-electron chi connectivity index (χ3n) is 3.11. The number of ether oxygens (including phenoxy) is 1. The molecule has 2 rings (SSSR count). The first-order valence-corrected chi connectivity index (χ1v) is 6.53. The Morgan fingerprint density at radius 2 is 1.72 bits per heavy atom. The predicted molar refractivity (Wildman–Crippen MR) is 77.8 cm³/mol. The highest BCUT2D eigenvalue weighted by molar-refractivity contribution is 9.10. The lowest BCUT2D eigenvalue weighted by Gasteiger charge is -2.26. The molecule has 0 fully saturated rings. The Labute approximate surface area is 116 Å². The van der Waals surface area contributed by atoms with Gasteiger partial charge in [0.15, 0.2) is 0 Å². The maximum atomic E-state index is 6.46. The molecule has 2 aromatic rings. The van der Waals surface area contributed by atoms with Gasteiger partial charge in [-0.05, 0) is 42.3 Å². The van der Waals surface area contributed by atoms with Gasteiger partial charge < -0.3 is 10.5 Å². The van der Waals surface area contributed by atoms with Crippen molar-refractivity contribution in [3.8, 4) is 5.75 Å². The van der Waals surface area contributed by atoms with E-state index in [4.69, 9.17) is 10.5 Å². The number of nitrogens with two attached hydrogens (primary N) is 1. The maximum absolute atomic E-state index is 6.46. The average Bonchev–Trinajstić information content (AvgIpc) is 2.39. The third-order valence-corrected chi connectivity index (χ3v) is 3.61. The quantitative estimate of drug-likeness (QED) is 0.939. The van der Waals surface area contributed by atoms with Crippen molar-refractivity contribution in [2.45, 2.75) is 12.5 Å². The van der Waals surface area contributed by atoms with Crippen LogP contribution in [0.15, 0.2) is 53.0 Å². The van der Waals surface area contributed by atoms with Crippen molar-refractivity contribution >= 4 is 15.9 Å². The van der Waals surface area contributed by atoms with Gasteiger partial charge in [0, 0.05) is 4.47 Å². The van der Waals surface area contributed by atoms with Crippen LogP contribution in [0.25, 0.3) is 0 Å². The first kappa shape index (κ1) is 13.1. The maximum Gasteiger partial charge on any atom is 0.118 e. The highest BCUT2D eigenvalue weighted by atomic mass is 79.9. The second-order valence-electron chi connectivity index (χ2n) is 4.44. The summed E-state index contributed by atoms with van der Waals surface area (Å²) >= 11 is 3.47. The summed E-state index contributed by atoms with van der Waals surface area (Å²) in [6, 6.07) is 15.9. The lowest BCUT2D eigenvalue weighted by Crippen LogP contribution is -2.34. The smallest absolute Gasteiger partial charge is 0.118 e. The van der Waals surface area contributed by atoms with Crippen LogP contribution in [-0.4, -0.2) is 7.11 Å². The molecule has 18 heavy (non-hydrogen) atoms. The number of hydrogen-bond donors (Lipinski definition) is 1. The van der Waals surface area contributed by atoms with E-state index in [-0.39, 0.29) is 0 Å². The first-order valence-electron chi connectivity index (χ1n) is 5.73. The Morgan fingerprint density at radius 1 is 1.06 bits per heavy atom. The summed E-state index contributed by atoms with van der Waals surface area (Å²) < 4.78 is 6.19. The van der Waals surface area contributed by atoms with E-state index < -0.39 is 5.54 Å². The van der Waals surface area contributed by atoms with Gasteiger partial charge in [0.2, 0.25) is 0 Å². The molecule has 3 heteroatoms. The topological polar surface area (TPSA) is 35.2 Å². The van der Waals surface area contributed by atoms with E-state index in [2.05, 4.69) is 15.9 Å². The minimum atomic E-state index is -0.518. The van der Waals surface area contributed by atoms with Crippen molar-refractivity contribution < 1.29 is 4.74 Å². The normalized spacial score (nSPS) is 14.0. The van der Waals surface area contributed by atoms with Crippen LogP contribution in [0.5, 0.6) is 5.75 Å². The van der Waals surface area contributed by atoms with E-state index >= 15 is 0 Å². The van der Waals surface area contributed by atoms with E-state index in [0.717, 1.165) is 21.3 Å². The molecule has 0 spiro atoms. The number of methoxy groups -OCH3 is 1. The van der Waals surface area contributed by atoms with Gasteiger partial charge in [-0.3, -0.25) is 0 Å². The van der Waals surface area contributed by atoms with Gasteiger partial charge in [0.1, 0.15) is 5.75 Å². The number of rotatable bonds is 3. The molecule has 0 saturated heterocycles. The molecule has 0 radical (unpaired) electrons. The van der Waals surface area contributed by atoms with Crippen LogP contribution >= 0.6 is 15.9 Å². The van der Waals surface area contributed by atoms with E-state index in [0.29, 0.717) is 0 Å². The van der Waals surface area contributed by atoms with Gasteiger partial charge in [0.05, 0.1) is 12.6 Å². The van der Waals surface area contributed by atoms with Gasteiger partial charge in [-0.25, -0.2) is 0 Å².